The summed E-state index contributed by atoms with van der Waals surface area (Å²) in [5, 5.41) is 37.6. The van der Waals surface area contributed by atoms with Crippen molar-refractivity contribution < 1.29 is 19.7 Å². The highest BCUT2D eigenvalue weighted by Crippen LogP contribution is 2.31. The second-order valence-corrected chi connectivity index (χ2v) is 7.89. The van der Waals surface area contributed by atoms with E-state index in [4.69, 9.17) is 21.3 Å². The molecule has 1 amide bonds. The molecule has 1 atom stereocenters. The minimum absolute atomic E-state index is 0.0212. The van der Waals surface area contributed by atoms with Gasteiger partial charge in [-0.15, -0.1) is 0 Å². The highest BCUT2D eigenvalue weighted by molar-refractivity contribution is 6.47. The number of aliphatic hydroxyl groups excluding tert-OH is 2. The molecule has 1 aliphatic heterocycles. The average Bonchev–Trinajstić information content (AvgIpc) is 2.74. The van der Waals surface area contributed by atoms with Gasteiger partial charge in [0, 0.05) is 36.5 Å². The average molecular weight is 428 g/mol. The molecule has 0 bridgehead atoms. The molecule has 3 rings (SSSR count). The lowest BCUT2D eigenvalue weighted by atomic mass is 9.88. The number of benzene rings is 1. The van der Waals surface area contributed by atoms with Gasteiger partial charge in [-0.25, -0.2) is 0 Å². The number of nitrogens with two attached hydrogens (primary N) is 1. The normalized spacial score (nSPS) is 19.3. The molecule has 0 aromatic heterocycles. The van der Waals surface area contributed by atoms with Crippen molar-refractivity contribution in [1.82, 2.24) is 0 Å². The number of amides is 1. The number of rotatable bonds is 4. The van der Waals surface area contributed by atoms with Crippen LogP contribution in [0.4, 0.5) is 11.4 Å². The minimum atomic E-state index is -1.13. The number of allylic oxidation sites excluding steroid dienone is 2. The number of aliphatic hydroxyl groups is 2. The third kappa shape index (κ3) is 4.78. The topological polar surface area (TPSA) is 147 Å². The fraction of sp³-hybridized carbons (Fsp3) is 0.409. The summed E-state index contributed by atoms with van der Waals surface area (Å²) >= 11 is 0. The maximum atomic E-state index is 11.8. The van der Waals surface area contributed by atoms with Crippen LogP contribution in [0.25, 0.3) is 0 Å². The van der Waals surface area contributed by atoms with Crippen molar-refractivity contribution in [3.05, 3.63) is 47.2 Å². The van der Waals surface area contributed by atoms with Gasteiger partial charge in [0.25, 0.3) is 5.91 Å². The van der Waals surface area contributed by atoms with Crippen LogP contribution in [0.15, 0.2) is 47.2 Å². The summed E-state index contributed by atoms with van der Waals surface area (Å²) in [6, 6.07) is 7.13. The van der Waals surface area contributed by atoms with E-state index in [1.807, 2.05) is 26.0 Å². The van der Waals surface area contributed by atoms with Crippen molar-refractivity contribution >= 4 is 29.0 Å². The lowest BCUT2D eigenvalue weighted by Gasteiger charge is -2.31. The number of carbonyl (C=O) groups excluding carboxylic acids is 1. The van der Waals surface area contributed by atoms with E-state index in [0.717, 1.165) is 23.7 Å². The summed E-state index contributed by atoms with van der Waals surface area (Å²) in [7, 11) is 0. The smallest absolute Gasteiger partial charge is 0.284 e. The fourth-order valence-electron chi connectivity index (χ4n) is 3.73. The van der Waals surface area contributed by atoms with E-state index in [1.54, 1.807) is 18.2 Å². The van der Waals surface area contributed by atoms with Gasteiger partial charge in [-0.2, -0.15) is 0 Å². The molecule has 1 aromatic carbocycles. The summed E-state index contributed by atoms with van der Waals surface area (Å²) in [6.07, 6.45) is 0.390. The van der Waals surface area contributed by atoms with Gasteiger partial charge in [0.05, 0.1) is 25.1 Å². The number of nitrogens with zero attached hydrogens (tertiary/aromatic N) is 2. The highest BCUT2D eigenvalue weighted by atomic mass is 16.5. The lowest BCUT2D eigenvalue weighted by molar-refractivity contribution is -0.112. The van der Waals surface area contributed by atoms with Crippen LogP contribution in [-0.2, 0) is 9.53 Å². The number of anilines is 2. The van der Waals surface area contributed by atoms with Crippen LogP contribution in [0.3, 0.4) is 0 Å². The zero-order chi connectivity index (χ0) is 22.7. The van der Waals surface area contributed by atoms with Crippen LogP contribution < -0.4 is 15.5 Å². The van der Waals surface area contributed by atoms with Gasteiger partial charge in [0.1, 0.15) is 5.84 Å². The molecular formula is C22H29N5O4. The first-order valence-electron chi connectivity index (χ1n) is 10.2. The maximum Gasteiger partial charge on any atom is 0.284 e. The van der Waals surface area contributed by atoms with Gasteiger partial charge in [0.2, 0.25) is 0 Å². The van der Waals surface area contributed by atoms with Gasteiger partial charge >= 0.3 is 0 Å². The largest absolute Gasteiger partial charge is 0.512 e. The summed E-state index contributed by atoms with van der Waals surface area (Å²) in [4.78, 5) is 15.1. The Kier molecular flexibility index (Phi) is 6.77. The first-order chi connectivity index (χ1) is 14.7. The molecule has 1 aliphatic carbocycles. The summed E-state index contributed by atoms with van der Waals surface area (Å²) < 4.78 is 5.37. The number of hydrogen-bond acceptors (Lipinski definition) is 7. The van der Waals surface area contributed by atoms with Crippen LogP contribution in [0.5, 0.6) is 0 Å². The Hall–Kier alpha value is -3.17. The van der Waals surface area contributed by atoms with Crippen LogP contribution in [0, 0.1) is 16.7 Å². The Bertz CT molecular complexity index is 930. The van der Waals surface area contributed by atoms with Gasteiger partial charge in [-0.1, -0.05) is 13.8 Å². The predicted octanol–water partition coefficient (Wildman–Crippen LogP) is 1.93. The molecule has 9 nitrogen and oxygen atoms in total. The number of nitrogens with one attached hydrogen (secondary N) is 2. The Labute approximate surface area is 181 Å². The third-order valence-electron chi connectivity index (χ3n) is 5.45. The fourth-order valence-corrected chi connectivity index (χ4v) is 3.73. The Morgan fingerprint density at radius 3 is 2.39 bits per heavy atom. The SMILES string of the molecule is CC(C)C1=C(O)CC(O)C(C(=N)N(C(=N)C(N)=O)c2ccc(N3CCOCC3)cc2)=C1. The zero-order valence-electron chi connectivity index (χ0n) is 17.8. The number of carbonyl (C=O) groups is 1. The van der Waals surface area contributed by atoms with Crippen molar-refractivity contribution in [1.29, 1.82) is 10.8 Å². The molecular weight excluding hydrogens is 398 g/mol. The Balaban J connectivity index is 1.96. The summed E-state index contributed by atoms with van der Waals surface area (Å²) in [6.45, 7) is 6.62. The molecule has 1 fully saturated rings. The number of amidine groups is 2. The van der Waals surface area contributed by atoms with Gasteiger partial charge in [-0.3, -0.25) is 20.5 Å². The van der Waals surface area contributed by atoms with E-state index in [-0.39, 0.29) is 29.5 Å². The predicted molar refractivity (Wildman–Crippen MR) is 120 cm³/mol. The molecule has 1 saturated heterocycles. The van der Waals surface area contributed by atoms with Crippen LogP contribution in [-0.4, -0.2) is 60.2 Å². The van der Waals surface area contributed by atoms with Crippen molar-refractivity contribution in [2.45, 2.75) is 26.4 Å². The lowest BCUT2D eigenvalue weighted by Crippen LogP contribution is -2.46. The molecule has 0 spiro atoms. The molecule has 0 saturated carbocycles. The number of hydrogen-bond donors (Lipinski definition) is 5. The van der Waals surface area contributed by atoms with Gasteiger partial charge < -0.3 is 25.6 Å². The van der Waals surface area contributed by atoms with E-state index in [9.17, 15) is 15.0 Å². The van der Waals surface area contributed by atoms with Crippen LogP contribution in [0.1, 0.15) is 20.3 Å². The molecule has 6 N–H and O–H groups in total. The van der Waals surface area contributed by atoms with E-state index in [2.05, 4.69) is 4.90 Å². The molecule has 1 heterocycles. The van der Waals surface area contributed by atoms with E-state index in [1.165, 1.54) is 0 Å². The Morgan fingerprint density at radius 1 is 1.23 bits per heavy atom. The van der Waals surface area contributed by atoms with Crippen LogP contribution in [0.2, 0.25) is 0 Å². The highest BCUT2D eigenvalue weighted by Gasteiger charge is 2.31. The quantitative estimate of drug-likeness (QED) is 0.366. The molecule has 166 valence electrons. The Morgan fingerprint density at radius 2 is 1.84 bits per heavy atom. The first kappa shape index (κ1) is 22.5. The van der Waals surface area contributed by atoms with Gasteiger partial charge in [-0.05, 0) is 41.8 Å². The van der Waals surface area contributed by atoms with Crippen molar-refractivity contribution in [2.75, 3.05) is 36.1 Å². The van der Waals surface area contributed by atoms with E-state index >= 15 is 0 Å². The van der Waals surface area contributed by atoms with E-state index in [0.29, 0.717) is 24.5 Å². The summed E-state index contributed by atoms with van der Waals surface area (Å²) in [5.74, 6) is -1.75. The maximum absolute atomic E-state index is 11.8. The van der Waals surface area contributed by atoms with Gasteiger partial charge in [0.15, 0.2) is 5.84 Å². The van der Waals surface area contributed by atoms with Crippen molar-refractivity contribution in [2.24, 2.45) is 11.7 Å². The standard InChI is InChI=1S/C22H29N5O4/c1-13(2)16-11-17(19(29)12-18(16)28)20(23)27(21(24)22(25)30)15-5-3-14(4-6-15)26-7-9-31-10-8-26/h3-6,11,13,19,23-24,28-29H,7-10,12H2,1-2H3,(H2,25,30). The summed E-state index contributed by atoms with van der Waals surface area (Å²) in [5.41, 5.74) is 7.56. The third-order valence-corrected chi connectivity index (χ3v) is 5.45. The van der Waals surface area contributed by atoms with E-state index < -0.39 is 17.8 Å². The second-order valence-electron chi connectivity index (χ2n) is 7.89. The van der Waals surface area contributed by atoms with Crippen molar-refractivity contribution in [3.63, 3.8) is 0 Å². The monoisotopic (exact) mass is 427 g/mol. The van der Waals surface area contributed by atoms with Crippen LogP contribution >= 0.6 is 0 Å². The number of morpholine rings is 1. The molecule has 1 aromatic rings. The molecule has 0 radical (unpaired) electrons. The molecule has 9 heteroatoms. The molecule has 31 heavy (non-hydrogen) atoms. The second kappa shape index (κ2) is 9.32. The minimum Gasteiger partial charge on any atom is -0.512 e. The van der Waals surface area contributed by atoms with Crippen molar-refractivity contribution in [3.8, 4) is 0 Å². The first-order valence-corrected chi connectivity index (χ1v) is 10.2. The molecule has 1 unspecified atom stereocenters. The number of ether oxygens (including phenoxy) is 1. The number of primary amides is 1. The zero-order valence-corrected chi connectivity index (χ0v) is 17.8. The molecule has 2 aliphatic rings.